The quantitative estimate of drug-likeness (QED) is 0.207. The van der Waals surface area contributed by atoms with Crippen molar-refractivity contribution in [2.75, 3.05) is 65.4 Å². The van der Waals surface area contributed by atoms with E-state index in [4.69, 9.17) is 11.5 Å². The van der Waals surface area contributed by atoms with Crippen LogP contribution in [0.3, 0.4) is 0 Å². The zero-order valence-electron chi connectivity index (χ0n) is 12.4. The van der Waals surface area contributed by atoms with Crippen LogP contribution in [0, 0.1) is 0 Å². The van der Waals surface area contributed by atoms with Crippen LogP contribution in [-0.4, -0.2) is 65.4 Å². The smallest absolute Gasteiger partial charge is 1.00 e. The summed E-state index contributed by atoms with van der Waals surface area (Å²) in [4.78, 5) is 0. The second kappa shape index (κ2) is 33.3. The standard InChI is InChI=1S/C8H20N4.C3H10N2.3BrH.Co/c1-2-10-5-6-12-8-7-11-4-3-9-1;4-2-1-3-5;;;;/h9-12H,1-8H2;1-5H2;3*1H;/q;;;;;+3/p-3. The zero-order chi connectivity index (χ0) is 12.6. The molecule has 1 rings (SSSR count). The van der Waals surface area contributed by atoms with Gasteiger partial charge in [0.1, 0.15) is 0 Å². The maximum atomic E-state index is 5.06. The van der Waals surface area contributed by atoms with Crippen molar-refractivity contribution in [3.05, 3.63) is 0 Å². The van der Waals surface area contributed by atoms with E-state index in [9.17, 15) is 0 Å². The molecule has 0 atom stereocenters. The van der Waals surface area contributed by atoms with Crippen LogP contribution in [0.5, 0.6) is 0 Å². The van der Waals surface area contributed by atoms with Crippen LogP contribution in [0.15, 0.2) is 0 Å². The molecule has 10 heteroatoms. The fourth-order valence-corrected chi connectivity index (χ4v) is 1.32. The minimum Gasteiger partial charge on any atom is -1.00 e. The molecule has 0 radical (unpaired) electrons. The van der Waals surface area contributed by atoms with Gasteiger partial charge in [-0.05, 0) is 19.5 Å². The molecule has 6 nitrogen and oxygen atoms in total. The molecule has 0 aromatic heterocycles. The average molecular weight is 545 g/mol. The van der Waals surface area contributed by atoms with E-state index >= 15 is 0 Å². The van der Waals surface area contributed by atoms with E-state index in [-0.39, 0.29) is 67.7 Å². The molecule has 0 amide bonds. The molecule has 0 spiro atoms. The SMILES string of the molecule is C1CNCCNCCNCCN1.NCCCN.[Br-].[Br-].[Br-].[Co+3]. The predicted molar refractivity (Wildman–Crippen MR) is 74.2 cm³/mol. The molecule has 0 aliphatic carbocycles. The minimum absolute atomic E-state index is 0. The summed E-state index contributed by atoms with van der Waals surface area (Å²) in [6, 6.07) is 0. The fraction of sp³-hybridized carbons (Fsp3) is 1.00. The Hall–Kier alpha value is 1.71. The summed E-state index contributed by atoms with van der Waals surface area (Å²) in [5.41, 5.74) is 10.1. The van der Waals surface area contributed by atoms with Crippen molar-refractivity contribution in [2.24, 2.45) is 11.5 Å². The van der Waals surface area contributed by atoms with Crippen molar-refractivity contribution < 1.29 is 67.7 Å². The maximum Gasteiger partial charge on any atom is 3.00 e. The summed E-state index contributed by atoms with van der Waals surface area (Å²) in [5.74, 6) is 0. The van der Waals surface area contributed by atoms with Crippen molar-refractivity contribution in [3.63, 3.8) is 0 Å². The Morgan fingerprint density at radius 2 is 0.714 bits per heavy atom. The van der Waals surface area contributed by atoms with E-state index in [1.807, 2.05) is 0 Å². The molecule has 8 N–H and O–H groups in total. The Morgan fingerprint density at radius 1 is 0.524 bits per heavy atom. The van der Waals surface area contributed by atoms with Crippen LogP contribution in [0.25, 0.3) is 0 Å². The van der Waals surface area contributed by atoms with Gasteiger partial charge < -0.3 is 83.7 Å². The summed E-state index contributed by atoms with van der Waals surface area (Å²) in [6.07, 6.45) is 0.944. The molecule has 0 saturated carbocycles. The minimum atomic E-state index is 0. The normalized spacial score (nSPS) is 15.7. The fourth-order valence-electron chi connectivity index (χ4n) is 1.32. The molecular weight excluding hydrogens is 515 g/mol. The van der Waals surface area contributed by atoms with E-state index < -0.39 is 0 Å². The molecular formula is C11H30Br3CoN6. The first-order valence-corrected chi connectivity index (χ1v) is 6.64. The monoisotopic (exact) mass is 542 g/mol. The summed E-state index contributed by atoms with van der Waals surface area (Å²) in [6.45, 7) is 10.0. The van der Waals surface area contributed by atoms with Gasteiger partial charge in [0, 0.05) is 52.4 Å². The Balaban J connectivity index is -0.0000000844. The summed E-state index contributed by atoms with van der Waals surface area (Å²) >= 11 is 0. The first-order chi connectivity index (χ1) is 8.41. The van der Waals surface area contributed by atoms with Gasteiger partial charge >= 0.3 is 16.8 Å². The van der Waals surface area contributed by atoms with Gasteiger partial charge in [-0.25, -0.2) is 0 Å². The van der Waals surface area contributed by atoms with Gasteiger partial charge in [-0.3, -0.25) is 0 Å². The number of halogens is 3. The molecule has 1 heterocycles. The molecule has 1 aliphatic rings. The molecule has 21 heavy (non-hydrogen) atoms. The Kier molecular flexibility index (Phi) is 54.2. The van der Waals surface area contributed by atoms with Crippen molar-refractivity contribution in [3.8, 4) is 0 Å². The van der Waals surface area contributed by atoms with Crippen molar-refractivity contribution in [1.82, 2.24) is 21.3 Å². The molecule has 1 fully saturated rings. The molecule has 0 bridgehead atoms. The van der Waals surface area contributed by atoms with E-state index in [0.29, 0.717) is 0 Å². The van der Waals surface area contributed by atoms with Gasteiger partial charge in [-0.2, -0.15) is 0 Å². The Morgan fingerprint density at radius 3 is 0.810 bits per heavy atom. The number of rotatable bonds is 2. The topological polar surface area (TPSA) is 100 Å². The largest absolute Gasteiger partial charge is 3.00 e. The van der Waals surface area contributed by atoms with Crippen LogP contribution in [0.4, 0.5) is 0 Å². The Bertz CT molecular complexity index is 106. The average Bonchev–Trinajstić information content (AvgIpc) is 2.31. The zero-order valence-corrected chi connectivity index (χ0v) is 18.2. The van der Waals surface area contributed by atoms with Crippen molar-refractivity contribution in [2.45, 2.75) is 6.42 Å². The van der Waals surface area contributed by atoms with E-state index in [1.54, 1.807) is 0 Å². The molecule has 0 aromatic carbocycles. The third-order valence-corrected chi connectivity index (χ3v) is 2.32. The molecule has 1 saturated heterocycles. The predicted octanol–water partition coefficient (Wildman–Crippen LogP) is -11.3. The van der Waals surface area contributed by atoms with E-state index in [1.165, 1.54) is 0 Å². The number of hydrogen-bond acceptors (Lipinski definition) is 6. The third kappa shape index (κ3) is 34.2. The maximum absolute atomic E-state index is 5.06. The summed E-state index contributed by atoms with van der Waals surface area (Å²) in [7, 11) is 0. The summed E-state index contributed by atoms with van der Waals surface area (Å²) < 4.78 is 0. The third-order valence-electron chi connectivity index (χ3n) is 2.32. The molecule has 134 valence electrons. The van der Waals surface area contributed by atoms with Gasteiger partial charge in [-0.1, -0.05) is 0 Å². The number of nitrogens with one attached hydrogen (secondary N) is 4. The Labute approximate surface area is 171 Å². The first kappa shape index (κ1) is 34.1. The van der Waals surface area contributed by atoms with Crippen LogP contribution >= 0.6 is 0 Å². The van der Waals surface area contributed by atoms with Gasteiger partial charge in [0.25, 0.3) is 0 Å². The second-order valence-corrected chi connectivity index (χ2v) is 3.93. The van der Waals surface area contributed by atoms with E-state index in [0.717, 1.165) is 71.9 Å². The molecule has 1 aliphatic heterocycles. The van der Waals surface area contributed by atoms with Crippen molar-refractivity contribution in [1.29, 1.82) is 0 Å². The number of hydrogen-bond donors (Lipinski definition) is 6. The van der Waals surface area contributed by atoms with Crippen molar-refractivity contribution >= 4 is 0 Å². The van der Waals surface area contributed by atoms with Crippen LogP contribution in [0.2, 0.25) is 0 Å². The van der Waals surface area contributed by atoms with Crippen LogP contribution in [0.1, 0.15) is 6.42 Å². The molecule has 0 aromatic rings. The molecule has 0 unspecified atom stereocenters. The van der Waals surface area contributed by atoms with Crippen LogP contribution in [-0.2, 0) is 16.8 Å². The van der Waals surface area contributed by atoms with Crippen LogP contribution < -0.4 is 83.7 Å². The first-order valence-electron chi connectivity index (χ1n) is 6.64. The summed E-state index contributed by atoms with van der Waals surface area (Å²) in [5, 5.41) is 13.4. The van der Waals surface area contributed by atoms with Gasteiger partial charge in [0.2, 0.25) is 0 Å². The van der Waals surface area contributed by atoms with Gasteiger partial charge in [0.05, 0.1) is 0 Å². The van der Waals surface area contributed by atoms with Gasteiger partial charge in [0.15, 0.2) is 0 Å². The second-order valence-electron chi connectivity index (χ2n) is 3.93. The van der Waals surface area contributed by atoms with Gasteiger partial charge in [-0.15, -0.1) is 0 Å². The van der Waals surface area contributed by atoms with E-state index in [2.05, 4.69) is 21.3 Å². The number of nitrogens with two attached hydrogens (primary N) is 2.